The van der Waals surface area contributed by atoms with Crippen LogP contribution in [0.15, 0.2) is 22.1 Å². The van der Waals surface area contributed by atoms with Crippen molar-refractivity contribution >= 4 is 10.0 Å². The van der Waals surface area contributed by atoms with Gasteiger partial charge in [-0.3, -0.25) is 0 Å². The van der Waals surface area contributed by atoms with Crippen LogP contribution in [0.25, 0.3) is 0 Å². The van der Waals surface area contributed by atoms with Crippen LogP contribution in [0.1, 0.15) is 47.0 Å². The summed E-state index contributed by atoms with van der Waals surface area (Å²) in [5, 5.41) is 0. The maximum absolute atomic E-state index is 11.5. The fraction of sp³-hybridized carbons (Fsp3) is 0.667. The highest BCUT2D eigenvalue weighted by Crippen LogP contribution is 2.15. The molecule has 16 heavy (non-hydrogen) atoms. The van der Waals surface area contributed by atoms with Crippen molar-refractivity contribution in [1.82, 2.24) is 4.72 Å². The van der Waals surface area contributed by atoms with Crippen LogP contribution < -0.4 is 4.72 Å². The molecule has 0 aromatic carbocycles. The Balaban J connectivity index is 4.75. The molecule has 0 aliphatic carbocycles. The van der Waals surface area contributed by atoms with E-state index in [-0.39, 0.29) is 0 Å². The Bertz CT molecular complexity index is 378. The Morgan fingerprint density at radius 3 is 2.25 bits per heavy atom. The van der Waals surface area contributed by atoms with Gasteiger partial charge in [0.15, 0.2) is 0 Å². The molecule has 0 radical (unpaired) electrons. The largest absolute Gasteiger partial charge is 0.236 e. The van der Waals surface area contributed by atoms with E-state index in [1.807, 2.05) is 6.92 Å². The van der Waals surface area contributed by atoms with E-state index in [1.54, 1.807) is 6.92 Å². The van der Waals surface area contributed by atoms with Crippen molar-refractivity contribution in [3.63, 3.8) is 0 Å². The molecule has 0 rings (SSSR count). The first-order valence-electron chi connectivity index (χ1n) is 5.60. The van der Waals surface area contributed by atoms with Gasteiger partial charge in [0, 0.05) is 0 Å². The van der Waals surface area contributed by atoms with Crippen LogP contribution in [0.5, 0.6) is 0 Å². The molecule has 94 valence electrons. The molecule has 0 aliphatic rings. The lowest BCUT2D eigenvalue weighted by atomic mass is 10.1. The van der Waals surface area contributed by atoms with Gasteiger partial charge in [-0.05, 0) is 40.7 Å². The summed E-state index contributed by atoms with van der Waals surface area (Å²) in [4.78, 5) is 0.426. The Labute approximate surface area is 99.7 Å². The highest BCUT2D eigenvalue weighted by Gasteiger charge is 2.12. The van der Waals surface area contributed by atoms with Crippen molar-refractivity contribution in [1.29, 1.82) is 0 Å². The molecule has 4 heteroatoms. The molecule has 0 unspecified atom stereocenters. The van der Waals surface area contributed by atoms with E-state index in [1.165, 1.54) is 12.6 Å². The standard InChI is InChI=1S/C12H23NO2S/c1-6-7-10(2)8-9-11(3)12(4)16(14,15)13-5/h8,13H,6-7,9H2,1-5H3/b10-8-,12-11?. The molecular weight excluding hydrogens is 222 g/mol. The number of allylic oxidation sites excluding steroid dienone is 4. The first-order chi connectivity index (χ1) is 7.35. The van der Waals surface area contributed by atoms with E-state index in [0.29, 0.717) is 11.3 Å². The van der Waals surface area contributed by atoms with Gasteiger partial charge < -0.3 is 0 Å². The maximum Gasteiger partial charge on any atom is 0.236 e. The predicted octanol–water partition coefficient (Wildman–Crippen LogP) is 2.97. The SMILES string of the molecule is CCC/C(C)=C\CC(C)=C(C)S(=O)(=O)NC. The second-order valence-corrected chi connectivity index (χ2v) is 6.08. The predicted molar refractivity (Wildman–Crippen MR) is 69.6 cm³/mol. The third-order valence-corrected chi connectivity index (χ3v) is 4.37. The summed E-state index contributed by atoms with van der Waals surface area (Å²) in [6, 6.07) is 0. The molecule has 0 aromatic heterocycles. The summed E-state index contributed by atoms with van der Waals surface area (Å²) in [6.45, 7) is 7.72. The summed E-state index contributed by atoms with van der Waals surface area (Å²) < 4.78 is 25.4. The van der Waals surface area contributed by atoms with Gasteiger partial charge in [0.1, 0.15) is 0 Å². The zero-order valence-corrected chi connectivity index (χ0v) is 11.7. The van der Waals surface area contributed by atoms with E-state index < -0.39 is 10.0 Å². The average molecular weight is 245 g/mol. The number of rotatable bonds is 6. The highest BCUT2D eigenvalue weighted by atomic mass is 32.2. The number of sulfonamides is 1. The molecule has 0 aromatic rings. The topological polar surface area (TPSA) is 46.2 Å². The van der Waals surface area contributed by atoms with E-state index in [4.69, 9.17) is 0 Å². The molecule has 0 spiro atoms. The molecular formula is C12H23NO2S. The Morgan fingerprint density at radius 1 is 1.25 bits per heavy atom. The average Bonchev–Trinajstić information content (AvgIpc) is 2.25. The maximum atomic E-state index is 11.5. The van der Waals surface area contributed by atoms with Crippen LogP contribution in [0.3, 0.4) is 0 Å². The normalized spacial score (nSPS) is 14.9. The third kappa shape index (κ3) is 4.94. The first kappa shape index (κ1) is 15.4. The first-order valence-corrected chi connectivity index (χ1v) is 7.09. The molecule has 0 saturated heterocycles. The van der Waals surface area contributed by atoms with Gasteiger partial charge >= 0.3 is 0 Å². The number of hydrogen-bond donors (Lipinski definition) is 1. The summed E-state index contributed by atoms with van der Waals surface area (Å²) in [6.07, 6.45) is 5.01. The van der Waals surface area contributed by atoms with E-state index in [2.05, 4.69) is 24.6 Å². The van der Waals surface area contributed by atoms with Crippen molar-refractivity contribution in [3.8, 4) is 0 Å². The fourth-order valence-electron chi connectivity index (χ4n) is 1.35. The molecule has 0 atom stereocenters. The smallest absolute Gasteiger partial charge is 0.215 e. The van der Waals surface area contributed by atoms with Gasteiger partial charge in [-0.1, -0.05) is 30.6 Å². The zero-order chi connectivity index (χ0) is 12.8. The van der Waals surface area contributed by atoms with E-state index in [0.717, 1.165) is 18.4 Å². The second kappa shape index (κ2) is 6.86. The van der Waals surface area contributed by atoms with E-state index in [9.17, 15) is 8.42 Å². The van der Waals surface area contributed by atoms with Crippen molar-refractivity contribution < 1.29 is 8.42 Å². The Kier molecular flexibility index (Phi) is 6.60. The summed E-state index contributed by atoms with van der Waals surface area (Å²) in [7, 11) is -1.82. The van der Waals surface area contributed by atoms with Gasteiger partial charge in [-0.2, -0.15) is 0 Å². The van der Waals surface area contributed by atoms with Crippen LogP contribution in [0, 0.1) is 0 Å². The van der Waals surface area contributed by atoms with Crippen LogP contribution >= 0.6 is 0 Å². The molecule has 0 heterocycles. The fourth-order valence-corrected chi connectivity index (χ4v) is 2.20. The van der Waals surface area contributed by atoms with Gasteiger partial charge in [0.2, 0.25) is 10.0 Å². The molecule has 0 saturated carbocycles. The van der Waals surface area contributed by atoms with Crippen LogP contribution in [0.4, 0.5) is 0 Å². The minimum absolute atomic E-state index is 0.426. The third-order valence-electron chi connectivity index (χ3n) is 2.67. The lowest BCUT2D eigenvalue weighted by Crippen LogP contribution is -2.19. The van der Waals surface area contributed by atoms with Crippen LogP contribution in [-0.4, -0.2) is 15.5 Å². The van der Waals surface area contributed by atoms with Gasteiger partial charge in [-0.25, -0.2) is 13.1 Å². The zero-order valence-electron chi connectivity index (χ0n) is 10.9. The minimum atomic E-state index is -3.26. The van der Waals surface area contributed by atoms with Crippen molar-refractivity contribution in [3.05, 3.63) is 22.1 Å². The van der Waals surface area contributed by atoms with Crippen molar-refractivity contribution in [2.24, 2.45) is 0 Å². The van der Waals surface area contributed by atoms with Gasteiger partial charge in [0.05, 0.1) is 4.91 Å². The highest BCUT2D eigenvalue weighted by molar-refractivity contribution is 7.93. The molecule has 3 nitrogen and oxygen atoms in total. The second-order valence-electron chi connectivity index (χ2n) is 4.05. The monoisotopic (exact) mass is 245 g/mol. The van der Waals surface area contributed by atoms with E-state index >= 15 is 0 Å². The molecule has 0 amide bonds. The minimum Gasteiger partial charge on any atom is -0.215 e. The van der Waals surface area contributed by atoms with Crippen LogP contribution in [0.2, 0.25) is 0 Å². The summed E-state index contributed by atoms with van der Waals surface area (Å²) >= 11 is 0. The van der Waals surface area contributed by atoms with Gasteiger partial charge in [-0.15, -0.1) is 0 Å². The van der Waals surface area contributed by atoms with Crippen LogP contribution in [-0.2, 0) is 10.0 Å². The van der Waals surface area contributed by atoms with Crippen molar-refractivity contribution in [2.45, 2.75) is 47.0 Å². The number of hydrogen-bond acceptors (Lipinski definition) is 2. The lowest BCUT2D eigenvalue weighted by Gasteiger charge is -2.07. The summed E-state index contributed by atoms with van der Waals surface area (Å²) in [5.74, 6) is 0. The Hall–Kier alpha value is -0.610. The molecule has 0 fully saturated rings. The lowest BCUT2D eigenvalue weighted by molar-refractivity contribution is 0.594. The molecule has 0 aliphatic heterocycles. The van der Waals surface area contributed by atoms with Gasteiger partial charge in [0.25, 0.3) is 0 Å². The quantitative estimate of drug-likeness (QED) is 0.731. The Morgan fingerprint density at radius 2 is 1.81 bits per heavy atom. The molecule has 0 bridgehead atoms. The van der Waals surface area contributed by atoms with Crippen molar-refractivity contribution in [2.75, 3.05) is 7.05 Å². The summed E-state index contributed by atoms with van der Waals surface area (Å²) in [5.41, 5.74) is 2.21. The number of nitrogens with one attached hydrogen (secondary N) is 1. The molecule has 1 N–H and O–H groups in total.